The lowest BCUT2D eigenvalue weighted by atomic mass is 9.97. The second-order valence-electron chi connectivity index (χ2n) is 4.41. The first-order chi connectivity index (χ1) is 8.55. The zero-order chi connectivity index (χ0) is 13.2. The minimum Gasteiger partial charge on any atom is -0.479 e. The number of rotatable bonds is 2. The molecule has 0 bridgehead atoms. The Morgan fingerprint density at radius 3 is 2.50 bits per heavy atom. The molecular formula is C13H15NO4. The zero-order valence-corrected chi connectivity index (χ0v) is 9.87. The number of amides is 1. The van der Waals surface area contributed by atoms with Crippen molar-refractivity contribution in [3.05, 3.63) is 30.3 Å². The predicted octanol–water partition coefficient (Wildman–Crippen LogP) is 1.02. The highest BCUT2D eigenvalue weighted by atomic mass is 16.4. The fraction of sp³-hybridized carbons (Fsp3) is 0.385. The average Bonchev–Trinajstić information content (AvgIpc) is 2.52. The Bertz CT molecular complexity index is 459. The molecule has 5 heteroatoms. The Balaban J connectivity index is 2.37. The van der Waals surface area contributed by atoms with Crippen LogP contribution in [0.3, 0.4) is 0 Å². The summed E-state index contributed by atoms with van der Waals surface area (Å²) in [6, 6.07) is 8.81. The molecular weight excluding hydrogens is 234 g/mol. The van der Waals surface area contributed by atoms with E-state index < -0.39 is 17.5 Å². The first-order valence-electron chi connectivity index (χ1n) is 5.88. The SMILES string of the molecule is O=C(O)[C@@]1(O)CCCCN(c2ccccc2)C1=O. The van der Waals surface area contributed by atoms with E-state index in [0.717, 1.165) is 0 Å². The number of hydrogen-bond acceptors (Lipinski definition) is 3. The van der Waals surface area contributed by atoms with Crippen LogP contribution >= 0.6 is 0 Å². The summed E-state index contributed by atoms with van der Waals surface area (Å²) >= 11 is 0. The van der Waals surface area contributed by atoms with Gasteiger partial charge in [-0.25, -0.2) is 4.79 Å². The van der Waals surface area contributed by atoms with Crippen molar-refractivity contribution in [2.45, 2.75) is 24.9 Å². The van der Waals surface area contributed by atoms with Crippen molar-refractivity contribution < 1.29 is 19.8 Å². The van der Waals surface area contributed by atoms with Crippen LogP contribution in [0.1, 0.15) is 19.3 Å². The van der Waals surface area contributed by atoms with Crippen molar-refractivity contribution >= 4 is 17.6 Å². The van der Waals surface area contributed by atoms with Crippen molar-refractivity contribution in [3.63, 3.8) is 0 Å². The molecule has 0 spiro atoms. The number of carboxylic acids is 1. The first kappa shape index (κ1) is 12.6. The van der Waals surface area contributed by atoms with Crippen molar-refractivity contribution in [2.75, 3.05) is 11.4 Å². The summed E-state index contributed by atoms with van der Waals surface area (Å²) in [4.78, 5) is 24.7. The lowest BCUT2D eigenvalue weighted by Gasteiger charge is -2.27. The Hall–Kier alpha value is -1.88. The van der Waals surface area contributed by atoms with Crippen molar-refractivity contribution in [3.8, 4) is 0 Å². The quantitative estimate of drug-likeness (QED) is 0.767. The standard InChI is InChI=1S/C13H15NO4/c15-11-13(18,12(16)17)8-4-5-9-14(11)10-6-2-1-3-7-10/h1-3,6-7,18H,4-5,8-9H2,(H,16,17)/t13-/m1/s1. The Labute approximate surface area is 105 Å². The van der Waals surface area contributed by atoms with Gasteiger partial charge in [-0.1, -0.05) is 18.2 Å². The van der Waals surface area contributed by atoms with E-state index in [0.29, 0.717) is 25.1 Å². The summed E-state index contributed by atoms with van der Waals surface area (Å²) in [5.74, 6) is -2.23. The number of aliphatic carboxylic acids is 1. The lowest BCUT2D eigenvalue weighted by molar-refractivity contribution is -0.165. The van der Waals surface area contributed by atoms with Crippen LogP contribution < -0.4 is 4.90 Å². The number of carbonyl (C=O) groups excluding carboxylic acids is 1. The number of hydrogen-bond donors (Lipinski definition) is 2. The molecule has 5 nitrogen and oxygen atoms in total. The molecule has 96 valence electrons. The minimum absolute atomic E-state index is 0.0372. The van der Waals surface area contributed by atoms with E-state index in [1.165, 1.54) is 4.90 Å². The van der Waals surface area contributed by atoms with Crippen LogP contribution in [0.25, 0.3) is 0 Å². The fourth-order valence-electron chi connectivity index (χ4n) is 2.14. The Morgan fingerprint density at radius 2 is 1.89 bits per heavy atom. The molecule has 1 aliphatic rings. The summed E-state index contributed by atoms with van der Waals surface area (Å²) in [6.45, 7) is 0.429. The average molecular weight is 249 g/mol. The van der Waals surface area contributed by atoms with Gasteiger partial charge in [-0.15, -0.1) is 0 Å². The van der Waals surface area contributed by atoms with Gasteiger partial charge in [-0.2, -0.15) is 0 Å². The molecule has 0 aliphatic carbocycles. The van der Waals surface area contributed by atoms with Gasteiger partial charge < -0.3 is 15.1 Å². The van der Waals surface area contributed by atoms with Crippen LogP contribution in [0.4, 0.5) is 5.69 Å². The molecule has 0 radical (unpaired) electrons. The van der Waals surface area contributed by atoms with E-state index in [4.69, 9.17) is 5.11 Å². The van der Waals surface area contributed by atoms with Gasteiger partial charge in [0.15, 0.2) is 0 Å². The fourth-order valence-corrected chi connectivity index (χ4v) is 2.14. The zero-order valence-electron chi connectivity index (χ0n) is 9.87. The number of aliphatic hydroxyl groups is 1. The molecule has 1 saturated heterocycles. The van der Waals surface area contributed by atoms with Gasteiger partial charge in [0.1, 0.15) is 0 Å². The molecule has 2 N–H and O–H groups in total. The van der Waals surface area contributed by atoms with Gasteiger partial charge in [0.2, 0.25) is 5.60 Å². The van der Waals surface area contributed by atoms with Gasteiger partial charge in [-0.05, 0) is 31.4 Å². The topological polar surface area (TPSA) is 77.8 Å². The molecule has 1 fully saturated rings. The number of benzene rings is 1. The number of para-hydroxylation sites is 1. The van der Waals surface area contributed by atoms with Gasteiger partial charge in [-0.3, -0.25) is 4.79 Å². The van der Waals surface area contributed by atoms with E-state index in [9.17, 15) is 14.7 Å². The van der Waals surface area contributed by atoms with E-state index in [1.54, 1.807) is 24.3 Å². The molecule has 1 atom stereocenters. The maximum Gasteiger partial charge on any atom is 0.345 e. The summed E-state index contributed by atoms with van der Waals surface area (Å²) < 4.78 is 0. The number of anilines is 1. The van der Waals surface area contributed by atoms with Crippen LogP contribution in [0.2, 0.25) is 0 Å². The Morgan fingerprint density at radius 1 is 1.22 bits per heavy atom. The van der Waals surface area contributed by atoms with E-state index in [1.807, 2.05) is 6.07 Å². The van der Waals surface area contributed by atoms with Crippen LogP contribution in [0.5, 0.6) is 0 Å². The van der Waals surface area contributed by atoms with Gasteiger partial charge in [0.05, 0.1) is 0 Å². The maximum atomic E-state index is 12.2. The largest absolute Gasteiger partial charge is 0.479 e. The van der Waals surface area contributed by atoms with Crippen molar-refractivity contribution in [1.82, 2.24) is 0 Å². The highest BCUT2D eigenvalue weighted by Crippen LogP contribution is 2.26. The molecule has 18 heavy (non-hydrogen) atoms. The molecule has 0 unspecified atom stereocenters. The number of nitrogens with zero attached hydrogens (tertiary/aromatic N) is 1. The summed E-state index contributed by atoms with van der Waals surface area (Å²) in [7, 11) is 0. The molecule has 0 saturated carbocycles. The second-order valence-corrected chi connectivity index (χ2v) is 4.41. The third-order valence-electron chi connectivity index (χ3n) is 3.19. The van der Waals surface area contributed by atoms with Crippen molar-refractivity contribution in [2.24, 2.45) is 0 Å². The molecule has 1 aliphatic heterocycles. The highest BCUT2D eigenvalue weighted by molar-refractivity contribution is 6.12. The third kappa shape index (κ3) is 2.09. The summed E-state index contributed by atoms with van der Waals surface area (Å²) in [5, 5.41) is 19.1. The van der Waals surface area contributed by atoms with E-state index >= 15 is 0 Å². The normalized spacial score (nSPS) is 24.7. The molecule has 1 amide bonds. The lowest BCUT2D eigenvalue weighted by Crippen LogP contribution is -2.53. The molecule has 0 aromatic heterocycles. The minimum atomic E-state index is -2.30. The summed E-state index contributed by atoms with van der Waals surface area (Å²) in [5.41, 5.74) is -1.68. The van der Waals surface area contributed by atoms with Gasteiger partial charge in [0, 0.05) is 12.2 Å². The molecule has 1 aromatic carbocycles. The molecule has 1 heterocycles. The first-order valence-corrected chi connectivity index (χ1v) is 5.88. The van der Waals surface area contributed by atoms with E-state index in [-0.39, 0.29) is 6.42 Å². The smallest absolute Gasteiger partial charge is 0.345 e. The van der Waals surface area contributed by atoms with Crippen LogP contribution in [-0.4, -0.2) is 34.2 Å². The summed E-state index contributed by atoms with van der Waals surface area (Å²) in [6.07, 6.45) is 1.15. The monoisotopic (exact) mass is 249 g/mol. The third-order valence-corrected chi connectivity index (χ3v) is 3.19. The second kappa shape index (κ2) is 4.78. The number of carbonyl (C=O) groups is 2. The van der Waals surface area contributed by atoms with E-state index in [2.05, 4.69) is 0 Å². The number of carboxylic acid groups (broad SMARTS) is 1. The predicted molar refractivity (Wildman–Crippen MR) is 65.2 cm³/mol. The molecule has 2 rings (SSSR count). The van der Waals surface area contributed by atoms with Gasteiger partial charge >= 0.3 is 5.97 Å². The Kier molecular flexibility index (Phi) is 3.34. The van der Waals surface area contributed by atoms with Gasteiger partial charge in [0.25, 0.3) is 5.91 Å². The van der Waals surface area contributed by atoms with Crippen LogP contribution in [-0.2, 0) is 9.59 Å². The maximum absolute atomic E-state index is 12.2. The van der Waals surface area contributed by atoms with Crippen molar-refractivity contribution in [1.29, 1.82) is 0 Å². The van der Waals surface area contributed by atoms with Crippen LogP contribution in [0, 0.1) is 0 Å². The molecule has 1 aromatic rings. The van der Waals surface area contributed by atoms with Crippen LogP contribution in [0.15, 0.2) is 30.3 Å². The highest BCUT2D eigenvalue weighted by Gasteiger charge is 2.47.